The number of thioether (sulfide) groups is 1. The lowest BCUT2D eigenvalue weighted by atomic mass is 9.88. The summed E-state index contributed by atoms with van der Waals surface area (Å²) >= 11 is 1.66. The molecule has 2 saturated heterocycles. The maximum atomic E-state index is 11.9. The third-order valence-corrected chi connectivity index (χ3v) is 4.64. The lowest BCUT2D eigenvalue weighted by Crippen LogP contribution is -2.74. The zero-order valence-electron chi connectivity index (χ0n) is 10.1. The fourth-order valence-corrected chi connectivity index (χ4v) is 3.64. The highest BCUT2D eigenvalue weighted by Crippen LogP contribution is 2.50. The molecule has 0 aromatic carbocycles. The van der Waals surface area contributed by atoms with Crippen LogP contribution in [0.15, 0.2) is 12.2 Å². The lowest BCUT2D eigenvalue weighted by molar-refractivity contribution is -0.148. The summed E-state index contributed by atoms with van der Waals surface area (Å²) in [7, 11) is 1.29. The molecule has 2 heterocycles. The summed E-state index contributed by atoms with van der Waals surface area (Å²) in [5.41, 5.74) is 4.99. The monoisotopic (exact) mass is 256 g/mol. The Hall–Kier alpha value is -1.01. The van der Waals surface area contributed by atoms with Gasteiger partial charge < -0.3 is 15.4 Å². The first-order valence-electron chi connectivity index (χ1n) is 5.35. The molecule has 0 aromatic rings. The van der Waals surface area contributed by atoms with Crippen molar-refractivity contribution in [2.75, 3.05) is 13.7 Å². The Morgan fingerprint density at radius 2 is 2.29 bits per heavy atom. The second-order valence-electron chi connectivity index (χ2n) is 4.95. The fourth-order valence-electron chi connectivity index (χ4n) is 2.15. The van der Waals surface area contributed by atoms with E-state index in [0.717, 1.165) is 0 Å². The minimum atomic E-state index is -1.06. The number of hydrogen-bond donors (Lipinski definition) is 1. The maximum Gasteiger partial charge on any atom is 0.330 e. The quantitative estimate of drug-likeness (QED) is 0.431. The van der Waals surface area contributed by atoms with Crippen molar-refractivity contribution in [2.45, 2.75) is 29.5 Å². The summed E-state index contributed by atoms with van der Waals surface area (Å²) in [6, 6.07) is 0. The van der Waals surface area contributed by atoms with Crippen molar-refractivity contribution in [3.8, 4) is 0 Å². The van der Waals surface area contributed by atoms with Crippen LogP contribution in [-0.4, -0.2) is 46.1 Å². The van der Waals surface area contributed by atoms with Crippen LogP contribution in [-0.2, 0) is 14.3 Å². The molecule has 2 rings (SSSR count). The molecule has 0 saturated carbocycles. The van der Waals surface area contributed by atoms with E-state index in [0.29, 0.717) is 6.54 Å². The van der Waals surface area contributed by atoms with Gasteiger partial charge in [0.25, 0.3) is 5.91 Å². The summed E-state index contributed by atoms with van der Waals surface area (Å²) in [6.07, 6.45) is 2.68. The van der Waals surface area contributed by atoms with E-state index in [9.17, 15) is 9.59 Å². The zero-order chi connectivity index (χ0) is 12.8. The number of methoxy groups -OCH3 is 1. The fraction of sp³-hybridized carbons (Fsp3) is 0.636. The van der Waals surface area contributed by atoms with Gasteiger partial charge in [-0.05, 0) is 19.9 Å². The van der Waals surface area contributed by atoms with Gasteiger partial charge >= 0.3 is 5.97 Å². The number of ether oxygens (including phenoxy) is 1. The Labute approximate surface area is 104 Å². The summed E-state index contributed by atoms with van der Waals surface area (Å²) in [6.45, 7) is 4.85. The van der Waals surface area contributed by atoms with Crippen LogP contribution in [0.5, 0.6) is 0 Å². The van der Waals surface area contributed by atoms with Gasteiger partial charge in [-0.15, -0.1) is 11.8 Å². The van der Waals surface area contributed by atoms with Crippen molar-refractivity contribution in [3.05, 3.63) is 12.2 Å². The van der Waals surface area contributed by atoms with Crippen molar-refractivity contribution in [2.24, 2.45) is 5.73 Å². The number of nitrogens with zero attached hydrogens (tertiary/aromatic N) is 1. The molecule has 2 aliphatic heterocycles. The van der Waals surface area contributed by atoms with Gasteiger partial charge in [0.1, 0.15) is 10.9 Å². The largest absolute Gasteiger partial charge is 0.466 e. The molecule has 1 amide bonds. The first-order chi connectivity index (χ1) is 7.80. The molecule has 2 fully saturated rings. The third kappa shape index (κ3) is 1.85. The van der Waals surface area contributed by atoms with Crippen LogP contribution < -0.4 is 5.73 Å². The van der Waals surface area contributed by atoms with E-state index in [1.54, 1.807) is 16.7 Å². The molecule has 2 N–H and O–H groups in total. The average molecular weight is 256 g/mol. The highest BCUT2D eigenvalue weighted by Gasteiger charge is 2.63. The van der Waals surface area contributed by atoms with Gasteiger partial charge in [-0.2, -0.15) is 0 Å². The van der Waals surface area contributed by atoms with Crippen molar-refractivity contribution in [3.63, 3.8) is 0 Å². The Bertz CT molecular complexity index is 408. The topological polar surface area (TPSA) is 72.6 Å². The van der Waals surface area contributed by atoms with Crippen LogP contribution >= 0.6 is 11.8 Å². The second-order valence-corrected chi connectivity index (χ2v) is 6.74. The van der Waals surface area contributed by atoms with Crippen molar-refractivity contribution >= 4 is 23.6 Å². The molecule has 0 spiro atoms. The average Bonchev–Trinajstić information content (AvgIpc) is 2.59. The van der Waals surface area contributed by atoms with Gasteiger partial charge in [-0.25, -0.2) is 4.79 Å². The first-order valence-corrected chi connectivity index (χ1v) is 6.23. The molecule has 0 bridgehead atoms. The SMILES string of the molecule is COC(=O)/C=C/C1(N)C(=O)N2CC(C)(C)SC21. The van der Waals surface area contributed by atoms with E-state index in [1.165, 1.54) is 19.3 Å². The van der Waals surface area contributed by atoms with Gasteiger partial charge in [0.2, 0.25) is 0 Å². The first kappa shape index (κ1) is 12.4. The minimum Gasteiger partial charge on any atom is -0.466 e. The predicted molar refractivity (Wildman–Crippen MR) is 65.2 cm³/mol. The zero-order valence-corrected chi connectivity index (χ0v) is 10.9. The molecular weight excluding hydrogens is 240 g/mol. The number of rotatable bonds is 2. The van der Waals surface area contributed by atoms with Gasteiger partial charge in [-0.1, -0.05) is 0 Å². The van der Waals surface area contributed by atoms with Crippen LogP contribution in [0.1, 0.15) is 13.8 Å². The molecule has 2 atom stereocenters. The van der Waals surface area contributed by atoms with Crippen LogP contribution in [0.25, 0.3) is 0 Å². The van der Waals surface area contributed by atoms with Crippen LogP contribution in [0, 0.1) is 0 Å². The van der Waals surface area contributed by atoms with E-state index in [4.69, 9.17) is 5.73 Å². The summed E-state index contributed by atoms with van der Waals surface area (Å²) in [5, 5.41) is -0.0779. The molecule has 6 heteroatoms. The Morgan fingerprint density at radius 3 is 2.88 bits per heavy atom. The van der Waals surface area contributed by atoms with Crippen LogP contribution in [0.3, 0.4) is 0 Å². The van der Waals surface area contributed by atoms with Gasteiger partial charge in [0.15, 0.2) is 0 Å². The summed E-state index contributed by atoms with van der Waals surface area (Å²) < 4.78 is 4.50. The van der Waals surface area contributed by atoms with Gasteiger partial charge in [0.05, 0.1) is 7.11 Å². The number of nitrogens with two attached hydrogens (primary N) is 1. The minimum absolute atomic E-state index is 0.0144. The van der Waals surface area contributed by atoms with Gasteiger partial charge in [0, 0.05) is 17.4 Å². The molecular formula is C11H16N2O3S. The smallest absolute Gasteiger partial charge is 0.330 e. The third-order valence-electron chi connectivity index (χ3n) is 3.00. The maximum absolute atomic E-state index is 11.9. The van der Waals surface area contributed by atoms with Gasteiger partial charge in [-0.3, -0.25) is 4.79 Å². The highest BCUT2D eigenvalue weighted by atomic mass is 32.2. The summed E-state index contributed by atoms with van der Waals surface area (Å²) in [4.78, 5) is 24.7. The molecule has 17 heavy (non-hydrogen) atoms. The van der Waals surface area contributed by atoms with E-state index < -0.39 is 11.5 Å². The van der Waals surface area contributed by atoms with E-state index >= 15 is 0 Å². The van der Waals surface area contributed by atoms with Crippen molar-refractivity contribution < 1.29 is 14.3 Å². The number of fused-ring (bicyclic) bond motifs is 1. The standard InChI is InChI=1S/C11H16N2O3S/c1-10(2)6-13-8(15)11(12,9(13)17-10)5-4-7(14)16-3/h4-5,9H,6,12H2,1-3H3/b5-4+. The van der Waals surface area contributed by atoms with Crippen molar-refractivity contribution in [1.29, 1.82) is 0 Å². The molecule has 0 aliphatic carbocycles. The second kappa shape index (κ2) is 3.74. The molecule has 5 nitrogen and oxygen atoms in total. The number of carbonyl (C=O) groups excluding carboxylic acids is 2. The Kier molecular flexibility index (Phi) is 2.74. The molecule has 0 aromatic heterocycles. The predicted octanol–water partition coefficient (Wildman–Crippen LogP) is 0.107. The van der Waals surface area contributed by atoms with E-state index in [2.05, 4.69) is 18.6 Å². The Balaban J connectivity index is 2.15. The van der Waals surface area contributed by atoms with E-state index in [1.807, 2.05) is 0 Å². The van der Waals surface area contributed by atoms with E-state index in [-0.39, 0.29) is 16.0 Å². The number of carbonyl (C=O) groups is 2. The molecule has 0 radical (unpaired) electrons. The molecule has 2 aliphatic rings. The number of esters is 1. The normalized spacial score (nSPS) is 34.7. The number of hydrogen-bond acceptors (Lipinski definition) is 5. The lowest BCUT2D eigenvalue weighted by Gasteiger charge is -2.47. The Morgan fingerprint density at radius 1 is 1.65 bits per heavy atom. The molecule has 2 unspecified atom stereocenters. The highest BCUT2D eigenvalue weighted by molar-refractivity contribution is 8.01. The molecule has 94 valence electrons. The van der Waals surface area contributed by atoms with Crippen LogP contribution in [0.4, 0.5) is 0 Å². The van der Waals surface area contributed by atoms with Crippen molar-refractivity contribution in [1.82, 2.24) is 4.90 Å². The number of β-lactam (4-membered cyclic amide) rings is 1. The number of amides is 1. The summed E-state index contributed by atoms with van der Waals surface area (Å²) in [5.74, 6) is -0.621. The van der Waals surface area contributed by atoms with Crippen LogP contribution in [0.2, 0.25) is 0 Å².